The minimum atomic E-state index is -0.148. The third-order valence-electron chi connectivity index (χ3n) is 3.11. The van der Waals surface area contributed by atoms with E-state index >= 15 is 0 Å². The van der Waals surface area contributed by atoms with Crippen LogP contribution in [0.25, 0.3) is 11.0 Å². The lowest BCUT2D eigenvalue weighted by Crippen LogP contribution is -2.11. The Kier molecular flexibility index (Phi) is 4.60. The van der Waals surface area contributed by atoms with Gasteiger partial charge in [-0.25, -0.2) is 0 Å². The predicted molar refractivity (Wildman–Crippen MR) is 93.0 cm³/mol. The van der Waals surface area contributed by atoms with E-state index in [0.717, 1.165) is 27.0 Å². The van der Waals surface area contributed by atoms with E-state index in [1.165, 1.54) is 4.90 Å². The summed E-state index contributed by atoms with van der Waals surface area (Å²) < 4.78 is 6.86. The monoisotopic (exact) mass is 381 g/mol. The molecule has 2 N–H and O–H groups in total. The van der Waals surface area contributed by atoms with Crippen LogP contribution < -0.4 is 5.73 Å². The third-order valence-corrected chi connectivity index (χ3v) is 5.00. The largest absolute Gasteiger partial charge is 0.459 e. The Hall–Kier alpha value is -0.940. The summed E-state index contributed by atoms with van der Waals surface area (Å²) in [7, 11) is 0. The molecule has 0 bridgehead atoms. The fraction of sp³-hybridized carbons (Fsp3) is 0.125. The van der Waals surface area contributed by atoms with Crippen molar-refractivity contribution in [2.75, 3.05) is 5.75 Å². The maximum atomic E-state index is 6.22. The number of fused-ring (bicyclic) bond motifs is 1. The van der Waals surface area contributed by atoms with Gasteiger partial charge < -0.3 is 10.2 Å². The van der Waals surface area contributed by atoms with Crippen LogP contribution in [0.5, 0.6) is 0 Å². The maximum absolute atomic E-state index is 6.22. The normalized spacial score (nSPS) is 12.7. The fourth-order valence-corrected chi connectivity index (χ4v) is 3.33. The van der Waals surface area contributed by atoms with Gasteiger partial charge in [-0.15, -0.1) is 11.8 Å². The summed E-state index contributed by atoms with van der Waals surface area (Å²) in [5, 5.41) is 1.69. The van der Waals surface area contributed by atoms with Crippen molar-refractivity contribution in [3.05, 3.63) is 63.8 Å². The number of thioether (sulfide) groups is 1. The van der Waals surface area contributed by atoms with E-state index in [9.17, 15) is 0 Å². The van der Waals surface area contributed by atoms with Gasteiger partial charge in [0.25, 0.3) is 0 Å². The minimum Gasteiger partial charge on any atom is -0.459 e. The molecule has 0 aliphatic rings. The van der Waals surface area contributed by atoms with Crippen molar-refractivity contribution in [2.24, 2.45) is 5.73 Å². The number of benzene rings is 2. The lowest BCUT2D eigenvalue weighted by molar-refractivity contribution is 0.516. The third kappa shape index (κ3) is 3.64. The molecule has 2 aromatic carbocycles. The van der Waals surface area contributed by atoms with Crippen LogP contribution in [-0.4, -0.2) is 5.75 Å². The lowest BCUT2D eigenvalue weighted by Gasteiger charge is -2.08. The Balaban J connectivity index is 1.71. The van der Waals surface area contributed by atoms with E-state index in [-0.39, 0.29) is 6.04 Å². The van der Waals surface area contributed by atoms with Crippen molar-refractivity contribution >= 4 is 50.3 Å². The molecule has 1 heterocycles. The molecule has 0 fully saturated rings. The molecule has 1 atom stereocenters. The first-order valence-electron chi connectivity index (χ1n) is 6.45. The molecule has 108 valence electrons. The Morgan fingerprint density at radius 3 is 2.67 bits per heavy atom. The average Bonchev–Trinajstić information content (AvgIpc) is 2.89. The van der Waals surface area contributed by atoms with Crippen molar-refractivity contribution in [3.8, 4) is 0 Å². The van der Waals surface area contributed by atoms with Gasteiger partial charge in [0.15, 0.2) is 0 Å². The van der Waals surface area contributed by atoms with Crippen LogP contribution in [0.1, 0.15) is 11.8 Å². The molecule has 1 unspecified atom stereocenters. The highest BCUT2D eigenvalue weighted by Crippen LogP contribution is 2.29. The van der Waals surface area contributed by atoms with E-state index in [1.807, 2.05) is 36.4 Å². The van der Waals surface area contributed by atoms with Gasteiger partial charge in [-0.3, -0.25) is 0 Å². The van der Waals surface area contributed by atoms with E-state index in [1.54, 1.807) is 11.8 Å². The molecule has 3 rings (SSSR count). The maximum Gasteiger partial charge on any atom is 0.134 e. The highest BCUT2D eigenvalue weighted by molar-refractivity contribution is 9.10. The van der Waals surface area contributed by atoms with Crippen LogP contribution in [0.4, 0.5) is 0 Å². The van der Waals surface area contributed by atoms with Crippen LogP contribution in [0.3, 0.4) is 0 Å². The molecule has 2 nitrogen and oxygen atoms in total. The molecule has 1 aromatic heterocycles. The minimum absolute atomic E-state index is 0.148. The van der Waals surface area contributed by atoms with E-state index in [2.05, 4.69) is 28.1 Å². The second-order valence-corrected chi connectivity index (χ2v) is 7.15. The average molecular weight is 383 g/mol. The van der Waals surface area contributed by atoms with Crippen LogP contribution in [0.15, 0.2) is 62.3 Å². The Morgan fingerprint density at radius 2 is 1.90 bits per heavy atom. The molecule has 3 aromatic rings. The van der Waals surface area contributed by atoms with Gasteiger partial charge >= 0.3 is 0 Å². The first-order valence-corrected chi connectivity index (χ1v) is 8.60. The molecule has 0 aliphatic heterocycles. The summed E-state index contributed by atoms with van der Waals surface area (Å²) in [6.07, 6.45) is 0. The summed E-state index contributed by atoms with van der Waals surface area (Å²) in [5.41, 5.74) is 7.04. The van der Waals surface area contributed by atoms with Gasteiger partial charge in [-0.1, -0.05) is 27.5 Å². The van der Waals surface area contributed by atoms with Crippen LogP contribution in [0, 0.1) is 0 Å². The van der Waals surface area contributed by atoms with Crippen molar-refractivity contribution in [1.29, 1.82) is 0 Å². The first-order chi connectivity index (χ1) is 10.1. The smallest absolute Gasteiger partial charge is 0.134 e. The molecular formula is C16H13BrClNOS. The topological polar surface area (TPSA) is 39.2 Å². The van der Waals surface area contributed by atoms with Crippen LogP contribution >= 0.6 is 39.3 Å². The zero-order valence-corrected chi connectivity index (χ0v) is 14.2. The summed E-state index contributed by atoms with van der Waals surface area (Å²) in [6.45, 7) is 0. The molecule has 21 heavy (non-hydrogen) atoms. The number of nitrogens with two attached hydrogens (primary N) is 1. The highest BCUT2D eigenvalue weighted by Gasteiger charge is 2.13. The first kappa shape index (κ1) is 15.0. The van der Waals surface area contributed by atoms with Crippen LogP contribution in [0.2, 0.25) is 5.02 Å². The summed E-state index contributed by atoms with van der Waals surface area (Å²) in [4.78, 5) is 1.19. The molecule has 5 heteroatoms. The molecule has 0 radical (unpaired) electrons. The number of hydrogen-bond donors (Lipinski definition) is 1. The zero-order chi connectivity index (χ0) is 14.8. The second kappa shape index (κ2) is 6.44. The number of furan rings is 1. The van der Waals surface area contributed by atoms with Gasteiger partial charge in [0, 0.05) is 25.5 Å². The standard InChI is InChI=1S/C16H13BrClNOS/c17-11-1-4-13(5-2-11)21-9-14(19)16-8-10-7-12(18)3-6-15(10)20-16/h1-8,14H,9,19H2. The summed E-state index contributed by atoms with van der Waals surface area (Å²) in [6, 6.07) is 15.6. The Labute approximate surface area is 140 Å². The van der Waals surface area contributed by atoms with Crippen molar-refractivity contribution in [1.82, 2.24) is 0 Å². The predicted octanol–water partition coefficient (Wildman–Crippen LogP) is 5.64. The molecule has 0 spiro atoms. The fourth-order valence-electron chi connectivity index (χ4n) is 2.02. The van der Waals surface area contributed by atoms with Gasteiger partial charge in [0.1, 0.15) is 11.3 Å². The van der Waals surface area contributed by atoms with Gasteiger partial charge in [-0.2, -0.15) is 0 Å². The van der Waals surface area contributed by atoms with Gasteiger partial charge in [-0.05, 0) is 48.5 Å². The second-order valence-electron chi connectivity index (χ2n) is 4.70. The Morgan fingerprint density at radius 1 is 1.14 bits per heavy atom. The molecular weight excluding hydrogens is 370 g/mol. The molecule has 0 saturated carbocycles. The lowest BCUT2D eigenvalue weighted by atomic mass is 10.2. The number of hydrogen-bond acceptors (Lipinski definition) is 3. The SMILES string of the molecule is NC(CSc1ccc(Br)cc1)c1cc2cc(Cl)ccc2o1. The van der Waals surface area contributed by atoms with Crippen molar-refractivity contribution < 1.29 is 4.42 Å². The number of halogens is 2. The van der Waals surface area contributed by atoms with E-state index in [4.69, 9.17) is 21.8 Å². The van der Waals surface area contributed by atoms with Gasteiger partial charge in [0.05, 0.1) is 6.04 Å². The quantitative estimate of drug-likeness (QED) is 0.593. The number of rotatable bonds is 4. The Bertz CT molecular complexity index is 757. The molecule has 0 amide bonds. The molecule has 0 saturated heterocycles. The van der Waals surface area contributed by atoms with Crippen molar-refractivity contribution in [2.45, 2.75) is 10.9 Å². The summed E-state index contributed by atoms with van der Waals surface area (Å²) >= 11 is 11.1. The van der Waals surface area contributed by atoms with Crippen LogP contribution in [-0.2, 0) is 0 Å². The molecule has 0 aliphatic carbocycles. The van der Waals surface area contributed by atoms with Gasteiger partial charge in [0.2, 0.25) is 0 Å². The summed E-state index contributed by atoms with van der Waals surface area (Å²) in [5.74, 6) is 1.55. The van der Waals surface area contributed by atoms with Crippen molar-refractivity contribution in [3.63, 3.8) is 0 Å². The highest BCUT2D eigenvalue weighted by atomic mass is 79.9. The zero-order valence-electron chi connectivity index (χ0n) is 11.1. The van der Waals surface area contributed by atoms with E-state index < -0.39 is 0 Å². The van der Waals surface area contributed by atoms with E-state index in [0.29, 0.717) is 5.02 Å².